The molecule has 2 amide bonds. The molecule has 7 nitrogen and oxygen atoms in total. The number of carbonyl (C=O) groups excluding carboxylic acids is 2. The lowest BCUT2D eigenvalue weighted by Crippen LogP contribution is -2.47. The Bertz CT molecular complexity index is 523. The Morgan fingerprint density at radius 2 is 2.30 bits per heavy atom. The maximum absolute atomic E-state index is 13.6. The Hall–Kier alpha value is -2.25. The standard InChI is InChI=1S/C12H16FN5O2/c1-2-5-14-12-15-6-7(13)10(18-12)16-8-3-4-9(19)17-11(8)20/h6,8H,2-5H2,1H3,(H,17,19,20)(H2,14,15,16,18). The Kier molecular flexibility index (Phi) is 4.44. The van der Waals surface area contributed by atoms with Crippen molar-refractivity contribution in [2.45, 2.75) is 32.2 Å². The quantitative estimate of drug-likeness (QED) is 0.686. The van der Waals surface area contributed by atoms with E-state index in [-0.39, 0.29) is 18.1 Å². The van der Waals surface area contributed by atoms with Crippen molar-refractivity contribution >= 4 is 23.6 Å². The molecular formula is C12H16FN5O2. The van der Waals surface area contributed by atoms with Crippen LogP contribution in [0.5, 0.6) is 0 Å². The van der Waals surface area contributed by atoms with Gasteiger partial charge in [0.15, 0.2) is 11.6 Å². The highest BCUT2D eigenvalue weighted by Gasteiger charge is 2.27. The van der Waals surface area contributed by atoms with Gasteiger partial charge >= 0.3 is 0 Å². The van der Waals surface area contributed by atoms with E-state index in [1.165, 1.54) is 0 Å². The molecule has 1 saturated heterocycles. The van der Waals surface area contributed by atoms with Gasteiger partial charge in [0.05, 0.1) is 6.20 Å². The molecule has 3 N–H and O–H groups in total. The van der Waals surface area contributed by atoms with Crippen LogP contribution in [0.3, 0.4) is 0 Å². The Balaban J connectivity index is 2.08. The van der Waals surface area contributed by atoms with Gasteiger partial charge in [0.1, 0.15) is 6.04 Å². The van der Waals surface area contributed by atoms with Crippen LogP contribution in [-0.4, -0.2) is 34.4 Å². The molecular weight excluding hydrogens is 265 g/mol. The number of aromatic nitrogens is 2. The van der Waals surface area contributed by atoms with E-state index in [1.807, 2.05) is 6.92 Å². The van der Waals surface area contributed by atoms with Crippen LogP contribution in [0.15, 0.2) is 6.20 Å². The van der Waals surface area contributed by atoms with E-state index in [1.54, 1.807) is 0 Å². The van der Waals surface area contributed by atoms with Crippen molar-refractivity contribution in [3.05, 3.63) is 12.0 Å². The molecule has 1 aromatic rings. The first-order valence-electron chi connectivity index (χ1n) is 6.46. The molecule has 1 aliphatic heterocycles. The second-order valence-corrected chi connectivity index (χ2v) is 4.46. The number of halogens is 1. The first-order chi connectivity index (χ1) is 9.60. The van der Waals surface area contributed by atoms with Crippen molar-refractivity contribution < 1.29 is 14.0 Å². The van der Waals surface area contributed by atoms with Crippen LogP contribution in [0.4, 0.5) is 16.2 Å². The molecule has 8 heteroatoms. The molecule has 1 atom stereocenters. The van der Waals surface area contributed by atoms with Crippen LogP contribution in [0.25, 0.3) is 0 Å². The predicted molar refractivity (Wildman–Crippen MR) is 70.6 cm³/mol. The van der Waals surface area contributed by atoms with Crippen molar-refractivity contribution in [3.8, 4) is 0 Å². The minimum absolute atomic E-state index is 0.0481. The summed E-state index contributed by atoms with van der Waals surface area (Å²) in [5.74, 6) is -1.18. The zero-order valence-corrected chi connectivity index (χ0v) is 11.1. The van der Waals surface area contributed by atoms with E-state index in [0.717, 1.165) is 12.6 Å². The average molecular weight is 281 g/mol. The summed E-state index contributed by atoms with van der Waals surface area (Å²) in [4.78, 5) is 30.4. The number of imide groups is 1. The molecule has 1 aliphatic rings. The molecule has 2 heterocycles. The zero-order chi connectivity index (χ0) is 14.5. The first-order valence-corrected chi connectivity index (χ1v) is 6.46. The summed E-state index contributed by atoms with van der Waals surface area (Å²) in [6.07, 6.45) is 2.46. The van der Waals surface area contributed by atoms with Crippen molar-refractivity contribution in [1.29, 1.82) is 0 Å². The molecule has 0 spiro atoms. The Morgan fingerprint density at radius 3 is 3.00 bits per heavy atom. The van der Waals surface area contributed by atoms with Crippen LogP contribution < -0.4 is 16.0 Å². The van der Waals surface area contributed by atoms with Crippen molar-refractivity contribution in [2.75, 3.05) is 17.2 Å². The summed E-state index contributed by atoms with van der Waals surface area (Å²) in [5, 5.41) is 7.84. The number of hydrogen-bond acceptors (Lipinski definition) is 6. The maximum Gasteiger partial charge on any atom is 0.249 e. The smallest absolute Gasteiger partial charge is 0.249 e. The number of amides is 2. The number of hydrogen-bond donors (Lipinski definition) is 3. The highest BCUT2D eigenvalue weighted by molar-refractivity contribution is 6.01. The molecule has 108 valence electrons. The molecule has 0 radical (unpaired) electrons. The third kappa shape index (κ3) is 3.40. The minimum Gasteiger partial charge on any atom is -0.356 e. The Morgan fingerprint density at radius 1 is 1.50 bits per heavy atom. The van der Waals surface area contributed by atoms with Gasteiger partial charge in [-0.3, -0.25) is 14.9 Å². The SMILES string of the molecule is CCCNc1ncc(F)c(NC2CCC(=O)NC2=O)n1. The number of carbonyl (C=O) groups is 2. The van der Waals surface area contributed by atoms with Crippen molar-refractivity contribution in [1.82, 2.24) is 15.3 Å². The highest BCUT2D eigenvalue weighted by atomic mass is 19.1. The summed E-state index contributed by atoms with van der Waals surface area (Å²) in [6, 6.07) is -0.670. The fourth-order valence-electron chi connectivity index (χ4n) is 1.79. The van der Waals surface area contributed by atoms with E-state index in [2.05, 4.69) is 25.9 Å². The maximum atomic E-state index is 13.6. The van der Waals surface area contributed by atoms with E-state index in [0.29, 0.717) is 18.9 Å². The van der Waals surface area contributed by atoms with Gasteiger partial charge in [0, 0.05) is 13.0 Å². The van der Waals surface area contributed by atoms with Crippen LogP contribution in [-0.2, 0) is 9.59 Å². The molecule has 0 aromatic carbocycles. The molecule has 0 aliphatic carbocycles. The third-order valence-electron chi connectivity index (χ3n) is 2.83. The molecule has 1 aromatic heterocycles. The van der Waals surface area contributed by atoms with Gasteiger partial charge in [-0.15, -0.1) is 0 Å². The number of anilines is 2. The summed E-state index contributed by atoms with van der Waals surface area (Å²) in [6.45, 7) is 2.66. The van der Waals surface area contributed by atoms with Gasteiger partial charge in [-0.2, -0.15) is 4.98 Å². The topological polar surface area (TPSA) is 96.0 Å². The summed E-state index contributed by atoms with van der Waals surface area (Å²) in [7, 11) is 0. The van der Waals surface area contributed by atoms with Crippen molar-refractivity contribution in [3.63, 3.8) is 0 Å². The summed E-state index contributed by atoms with van der Waals surface area (Å²) < 4.78 is 13.6. The fourth-order valence-corrected chi connectivity index (χ4v) is 1.79. The lowest BCUT2D eigenvalue weighted by atomic mass is 10.1. The number of nitrogens with one attached hydrogen (secondary N) is 3. The zero-order valence-electron chi connectivity index (χ0n) is 11.1. The highest BCUT2D eigenvalue weighted by Crippen LogP contribution is 2.16. The van der Waals surface area contributed by atoms with Crippen LogP contribution in [0, 0.1) is 5.82 Å². The van der Waals surface area contributed by atoms with Gasteiger partial charge in [0.25, 0.3) is 0 Å². The molecule has 0 bridgehead atoms. The van der Waals surface area contributed by atoms with E-state index >= 15 is 0 Å². The summed E-state index contributed by atoms with van der Waals surface area (Å²) >= 11 is 0. The summed E-state index contributed by atoms with van der Waals surface area (Å²) in [5.41, 5.74) is 0. The lowest BCUT2D eigenvalue weighted by molar-refractivity contribution is -0.133. The van der Waals surface area contributed by atoms with E-state index < -0.39 is 17.8 Å². The average Bonchev–Trinajstić information content (AvgIpc) is 2.42. The molecule has 2 rings (SSSR count). The van der Waals surface area contributed by atoms with Crippen LogP contribution >= 0.6 is 0 Å². The predicted octanol–water partition coefficient (Wildman–Crippen LogP) is 0.655. The second kappa shape index (κ2) is 6.27. The monoisotopic (exact) mass is 281 g/mol. The molecule has 1 unspecified atom stereocenters. The lowest BCUT2D eigenvalue weighted by Gasteiger charge is -2.22. The largest absolute Gasteiger partial charge is 0.356 e. The fraction of sp³-hybridized carbons (Fsp3) is 0.500. The first kappa shape index (κ1) is 14.2. The van der Waals surface area contributed by atoms with E-state index in [9.17, 15) is 14.0 Å². The van der Waals surface area contributed by atoms with Gasteiger partial charge in [0.2, 0.25) is 17.8 Å². The van der Waals surface area contributed by atoms with Gasteiger partial charge in [-0.25, -0.2) is 9.37 Å². The molecule has 0 saturated carbocycles. The third-order valence-corrected chi connectivity index (χ3v) is 2.83. The number of piperidine rings is 1. The van der Waals surface area contributed by atoms with Crippen LogP contribution in [0.1, 0.15) is 26.2 Å². The van der Waals surface area contributed by atoms with Gasteiger partial charge in [-0.05, 0) is 12.8 Å². The van der Waals surface area contributed by atoms with E-state index in [4.69, 9.17) is 0 Å². The number of nitrogens with zero attached hydrogens (tertiary/aromatic N) is 2. The second-order valence-electron chi connectivity index (χ2n) is 4.46. The Labute approximate surface area is 115 Å². The normalized spacial score (nSPS) is 18.6. The van der Waals surface area contributed by atoms with Gasteiger partial charge < -0.3 is 10.6 Å². The minimum atomic E-state index is -0.670. The molecule has 20 heavy (non-hydrogen) atoms. The number of rotatable bonds is 5. The van der Waals surface area contributed by atoms with Crippen LogP contribution in [0.2, 0.25) is 0 Å². The van der Waals surface area contributed by atoms with Gasteiger partial charge in [-0.1, -0.05) is 6.92 Å². The van der Waals surface area contributed by atoms with Crippen molar-refractivity contribution in [2.24, 2.45) is 0 Å². The molecule has 1 fully saturated rings.